The summed E-state index contributed by atoms with van der Waals surface area (Å²) in [6.45, 7) is 2.97. The van der Waals surface area contributed by atoms with Crippen LogP contribution < -0.4 is 0 Å². The second kappa shape index (κ2) is 3.96. The maximum absolute atomic E-state index is 5.58. The van der Waals surface area contributed by atoms with Crippen LogP contribution in [-0.4, -0.2) is 27.5 Å². The first kappa shape index (κ1) is 10.5. The van der Waals surface area contributed by atoms with Gasteiger partial charge in [-0.3, -0.25) is 5.10 Å². The molecule has 1 aromatic rings. The summed E-state index contributed by atoms with van der Waals surface area (Å²) in [6, 6.07) is 0.477. The fraction of sp³-hybridized carbons (Fsp3) is 0.818. The smallest absolute Gasteiger partial charge is 0.195 e. The van der Waals surface area contributed by atoms with Crippen molar-refractivity contribution in [3.63, 3.8) is 0 Å². The molecule has 1 saturated heterocycles. The topological polar surface area (TPSA) is 42.8 Å². The van der Waals surface area contributed by atoms with Gasteiger partial charge in [-0.1, -0.05) is 0 Å². The van der Waals surface area contributed by atoms with Gasteiger partial charge in [0.15, 0.2) is 4.77 Å². The summed E-state index contributed by atoms with van der Waals surface area (Å²) in [6.07, 6.45) is 4.96. The molecule has 1 saturated carbocycles. The van der Waals surface area contributed by atoms with E-state index in [-0.39, 0.29) is 0 Å². The molecule has 88 valence electrons. The third-order valence-electron chi connectivity index (χ3n) is 3.50. The number of nitrogens with one attached hydrogen (secondary N) is 1. The molecule has 2 aliphatic rings. The van der Waals surface area contributed by atoms with Gasteiger partial charge in [0, 0.05) is 18.6 Å². The lowest BCUT2D eigenvalue weighted by atomic mass is 10.0. The van der Waals surface area contributed by atoms with E-state index in [2.05, 4.69) is 21.7 Å². The molecule has 1 N–H and O–H groups in total. The summed E-state index contributed by atoms with van der Waals surface area (Å²) in [7, 11) is 0. The number of ether oxygens (including phenoxy) is 1. The Labute approximate surface area is 100 Å². The molecule has 0 spiro atoms. The van der Waals surface area contributed by atoms with Crippen LogP contribution in [0.2, 0.25) is 0 Å². The minimum atomic E-state index is 0.336. The van der Waals surface area contributed by atoms with E-state index >= 15 is 0 Å². The van der Waals surface area contributed by atoms with Gasteiger partial charge in [-0.05, 0) is 44.8 Å². The van der Waals surface area contributed by atoms with Crippen LogP contribution >= 0.6 is 12.2 Å². The van der Waals surface area contributed by atoms with Crippen molar-refractivity contribution in [2.24, 2.45) is 0 Å². The van der Waals surface area contributed by atoms with Crippen LogP contribution in [0, 0.1) is 4.77 Å². The zero-order valence-electron chi connectivity index (χ0n) is 9.48. The summed E-state index contributed by atoms with van der Waals surface area (Å²) in [5.41, 5.74) is 0. The Hall–Kier alpha value is -0.680. The van der Waals surface area contributed by atoms with Gasteiger partial charge >= 0.3 is 0 Å². The van der Waals surface area contributed by atoms with Gasteiger partial charge in [-0.2, -0.15) is 5.10 Å². The van der Waals surface area contributed by atoms with Gasteiger partial charge in [0.1, 0.15) is 5.82 Å². The lowest BCUT2D eigenvalue weighted by molar-refractivity contribution is 0.00511. The Morgan fingerprint density at radius 3 is 2.94 bits per heavy atom. The van der Waals surface area contributed by atoms with E-state index in [1.54, 1.807) is 0 Å². The Bertz CT molecular complexity index is 435. The number of aromatic nitrogens is 3. The van der Waals surface area contributed by atoms with Gasteiger partial charge in [0.05, 0.1) is 6.10 Å². The monoisotopic (exact) mass is 239 g/mol. The first-order chi connectivity index (χ1) is 7.75. The standard InChI is InChI=1S/C11H17N3OS/c1-7-6-9(4-5-15-7)14-10(8-2-3-8)12-13-11(14)16/h7-9H,2-6H2,1H3,(H,13,16). The van der Waals surface area contributed by atoms with E-state index in [1.165, 1.54) is 18.7 Å². The van der Waals surface area contributed by atoms with E-state index in [4.69, 9.17) is 17.0 Å². The highest BCUT2D eigenvalue weighted by molar-refractivity contribution is 7.71. The molecular formula is C11H17N3OS. The largest absolute Gasteiger partial charge is 0.378 e. The Morgan fingerprint density at radius 1 is 1.44 bits per heavy atom. The van der Waals surface area contributed by atoms with Crippen LogP contribution in [-0.2, 0) is 4.74 Å². The predicted molar refractivity (Wildman–Crippen MR) is 63.1 cm³/mol. The zero-order chi connectivity index (χ0) is 11.1. The Kier molecular flexibility index (Phi) is 2.59. The lowest BCUT2D eigenvalue weighted by Gasteiger charge is -2.28. The van der Waals surface area contributed by atoms with Gasteiger partial charge in [0.2, 0.25) is 0 Å². The average Bonchev–Trinajstić information content (AvgIpc) is 3.02. The second-order valence-electron chi connectivity index (χ2n) is 4.89. The van der Waals surface area contributed by atoms with Crippen molar-refractivity contribution in [3.8, 4) is 0 Å². The van der Waals surface area contributed by atoms with Crippen molar-refractivity contribution in [2.75, 3.05) is 6.61 Å². The first-order valence-corrected chi connectivity index (χ1v) is 6.45. The Morgan fingerprint density at radius 2 is 2.25 bits per heavy atom. The quantitative estimate of drug-likeness (QED) is 0.807. The molecule has 4 nitrogen and oxygen atoms in total. The summed E-state index contributed by atoms with van der Waals surface area (Å²) in [4.78, 5) is 0. The summed E-state index contributed by atoms with van der Waals surface area (Å²) in [5.74, 6) is 1.82. The highest BCUT2D eigenvalue weighted by Gasteiger charge is 2.32. The number of H-pyrrole nitrogens is 1. The van der Waals surface area contributed by atoms with Crippen LogP contribution in [0.1, 0.15) is 50.4 Å². The minimum Gasteiger partial charge on any atom is -0.378 e. The average molecular weight is 239 g/mol. The molecule has 2 fully saturated rings. The number of rotatable bonds is 2. The molecule has 1 aliphatic heterocycles. The molecule has 0 radical (unpaired) electrons. The SMILES string of the molecule is CC1CC(n2c(C3CC3)n[nH]c2=S)CCO1. The number of hydrogen-bond donors (Lipinski definition) is 1. The van der Waals surface area contributed by atoms with Crippen molar-refractivity contribution in [3.05, 3.63) is 10.6 Å². The maximum Gasteiger partial charge on any atom is 0.195 e. The molecular weight excluding hydrogens is 222 g/mol. The van der Waals surface area contributed by atoms with Crippen molar-refractivity contribution in [2.45, 2.75) is 50.7 Å². The van der Waals surface area contributed by atoms with Crippen LogP contribution in [0.4, 0.5) is 0 Å². The maximum atomic E-state index is 5.58. The highest BCUT2D eigenvalue weighted by Crippen LogP contribution is 2.41. The molecule has 5 heteroatoms. The third-order valence-corrected chi connectivity index (χ3v) is 3.78. The Balaban J connectivity index is 1.91. The van der Waals surface area contributed by atoms with Crippen molar-refractivity contribution in [1.82, 2.24) is 14.8 Å². The molecule has 2 atom stereocenters. The molecule has 0 bridgehead atoms. The van der Waals surface area contributed by atoms with E-state index < -0.39 is 0 Å². The molecule has 1 aromatic heterocycles. The van der Waals surface area contributed by atoms with Crippen LogP contribution in [0.25, 0.3) is 0 Å². The highest BCUT2D eigenvalue weighted by atomic mass is 32.1. The number of nitrogens with zero attached hydrogens (tertiary/aromatic N) is 2. The lowest BCUT2D eigenvalue weighted by Crippen LogP contribution is -2.26. The molecule has 16 heavy (non-hydrogen) atoms. The third kappa shape index (κ3) is 1.82. The van der Waals surface area contributed by atoms with E-state index in [0.29, 0.717) is 18.1 Å². The predicted octanol–water partition coefficient (Wildman–Crippen LogP) is 2.56. The van der Waals surface area contributed by atoms with Crippen LogP contribution in [0.3, 0.4) is 0 Å². The molecule has 1 aliphatic carbocycles. The van der Waals surface area contributed by atoms with Crippen molar-refractivity contribution in [1.29, 1.82) is 0 Å². The van der Waals surface area contributed by atoms with Gasteiger partial charge < -0.3 is 9.30 Å². The number of aromatic amines is 1. The first-order valence-electron chi connectivity index (χ1n) is 6.04. The van der Waals surface area contributed by atoms with Gasteiger partial charge in [-0.25, -0.2) is 0 Å². The second-order valence-corrected chi connectivity index (χ2v) is 5.28. The summed E-state index contributed by atoms with van der Waals surface area (Å²) < 4.78 is 8.60. The molecule has 3 rings (SSSR count). The minimum absolute atomic E-state index is 0.336. The molecule has 0 amide bonds. The van der Waals surface area contributed by atoms with E-state index in [9.17, 15) is 0 Å². The van der Waals surface area contributed by atoms with Crippen LogP contribution in [0.5, 0.6) is 0 Å². The van der Waals surface area contributed by atoms with Gasteiger partial charge in [-0.15, -0.1) is 0 Å². The number of hydrogen-bond acceptors (Lipinski definition) is 3. The zero-order valence-corrected chi connectivity index (χ0v) is 10.3. The summed E-state index contributed by atoms with van der Waals surface area (Å²) >= 11 is 5.34. The molecule has 2 heterocycles. The molecule has 2 unspecified atom stereocenters. The van der Waals surface area contributed by atoms with Crippen LogP contribution in [0.15, 0.2) is 0 Å². The van der Waals surface area contributed by atoms with Gasteiger partial charge in [0.25, 0.3) is 0 Å². The normalized spacial score (nSPS) is 30.6. The van der Waals surface area contributed by atoms with E-state index in [1.807, 2.05) is 0 Å². The van der Waals surface area contributed by atoms with Crippen molar-refractivity contribution >= 4 is 12.2 Å². The molecule has 0 aromatic carbocycles. The van der Waals surface area contributed by atoms with E-state index in [0.717, 1.165) is 24.2 Å². The fourth-order valence-electron chi connectivity index (χ4n) is 2.51. The summed E-state index contributed by atoms with van der Waals surface area (Å²) in [5, 5.41) is 7.33. The van der Waals surface area contributed by atoms with Crippen molar-refractivity contribution < 1.29 is 4.74 Å². The fourth-order valence-corrected chi connectivity index (χ4v) is 2.80.